The van der Waals surface area contributed by atoms with E-state index in [9.17, 15) is 10.1 Å². The predicted molar refractivity (Wildman–Crippen MR) is 89.3 cm³/mol. The molecule has 1 saturated heterocycles. The van der Waals surface area contributed by atoms with Crippen molar-refractivity contribution in [3.8, 4) is 0 Å². The van der Waals surface area contributed by atoms with Gasteiger partial charge in [0.15, 0.2) is 0 Å². The van der Waals surface area contributed by atoms with Gasteiger partial charge in [-0.15, -0.1) is 0 Å². The Labute approximate surface area is 135 Å². The van der Waals surface area contributed by atoms with Crippen LogP contribution in [0, 0.1) is 10.1 Å². The Hall–Kier alpha value is -2.47. The summed E-state index contributed by atoms with van der Waals surface area (Å²) in [4.78, 5) is 17.2. The zero-order chi connectivity index (χ0) is 16.1. The minimum Gasteiger partial charge on any atom is -0.360 e. The van der Waals surface area contributed by atoms with E-state index in [0.717, 1.165) is 32.5 Å². The molecule has 0 spiro atoms. The third-order valence-electron chi connectivity index (χ3n) is 4.08. The van der Waals surface area contributed by atoms with Crippen molar-refractivity contribution in [2.75, 3.05) is 18.4 Å². The topological polar surface area (TPSA) is 71.3 Å². The second-order valence-electron chi connectivity index (χ2n) is 5.83. The van der Waals surface area contributed by atoms with Crippen molar-refractivity contribution in [1.82, 2.24) is 9.88 Å². The molecule has 0 saturated carbocycles. The van der Waals surface area contributed by atoms with Crippen molar-refractivity contribution in [3.63, 3.8) is 0 Å². The second-order valence-corrected chi connectivity index (χ2v) is 5.83. The molecule has 1 aromatic carbocycles. The zero-order valence-electron chi connectivity index (χ0n) is 12.9. The number of nitro groups is 1. The molecule has 6 heteroatoms. The monoisotopic (exact) mass is 312 g/mol. The maximum absolute atomic E-state index is 11.1. The van der Waals surface area contributed by atoms with E-state index in [1.54, 1.807) is 12.3 Å². The quantitative estimate of drug-likeness (QED) is 0.678. The summed E-state index contributed by atoms with van der Waals surface area (Å²) in [6.07, 6.45) is 3.66. The van der Waals surface area contributed by atoms with Crippen LogP contribution in [-0.4, -0.2) is 33.9 Å². The van der Waals surface area contributed by atoms with E-state index in [1.165, 1.54) is 11.6 Å². The van der Waals surface area contributed by atoms with Gasteiger partial charge < -0.3 is 5.32 Å². The summed E-state index contributed by atoms with van der Waals surface area (Å²) < 4.78 is 0. The number of rotatable bonds is 5. The van der Waals surface area contributed by atoms with E-state index in [4.69, 9.17) is 0 Å². The van der Waals surface area contributed by atoms with Gasteiger partial charge in [-0.1, -0.05) is 30.3 Å². The Morgan fingerprint density at radius 3 is 2.87 bits per heavy atom. The lowest BCUT2D eigenvalue weighted by Crippen LogP contribution is -2.41. The Balaban J connectivity index is 1.64. The Bertz CT molecular complexity index is 663. The highest BCUT2D eigenvalue weighted by Crippen LogP contribution is 2.23. The third-order valence-corrected chi connectivity index (χ3v) is 4.08. The van der Waals surface area contributed by atoms with Crippen molar-refractivity contribution in [1.29, 1.82) is 0 Å². The van der Waals surface area contributed by atoms with E-state index in [1.807, 2.05) is 18.2 Å². The summed E-state index contributed by atoms with van der Waals surface area (Å²) in [7, 11) is 0. The summed E-state index contributed by atoms with van der Waals surface area (Å²) in [5.41, 5.74) is 1.32. The minimum absolute atomic E-state index is 0.0349. The van der Waals surface area contributed by atoms with Crippen LogP contribution in [0.4, 0.5) is 11.5 Å². The number of pyridine rings is 1. The maximum Gasteiger partial charge on any atom is 0.311 e. The highest BCUT2D eigenvalue weighted by Gasteiger charge is 2.23. The number of likely N-dealkylation sites (tertiary alicyclic amines) is 1. The van der Waals surface area contributed by atoms with E-state index < -0.39 is 0 Å². The molecular weight excluding hydrogens is 292 g/mol. The van der Waals surface area contributed by atoms with Gasteiger partial charge in [0.2, 0.25) is 5.82 Å². The van der Waals surface area contributed by atoms with Crippen LogP contribution in [0.2, 0.25) is 0 Å². The number of aromatic nitrogens is 1. The molecule has 0 bridgehead atoms. The van der Waals surface area contributed by atoms with Crippen LogP contribution in [-0.2, 0) is 6.54 Å². The Morgan fingerprint density at radius 1 is 1.26 bits per heavy atom. The number of anilines is 1. The number of hydrogen-bond donors (Lipinski definition) is 1. The van der Waals surface area contributed by atoms with Gasteiger partial charge in [0, 0.05) is 31.4 Å². The van der Waals surface area contributed by atoms with Crippen LogP contribution in [0.3, 0.4) is 0 Å². The van der Waals surface area contributed by atoms with E-state index in [0.29, 0.717) is 5.82 Å². The van der Waals surface area contributed by atoms with Crippen molar-refractivity contribution in [3.05, 3.63) is 64.3 Å². The normalized spacial score (nSPS) is 18.5. The van der Waals surface area contributed by atoms with Crippen LogP contribution >= 0.6 is 0 Å². The first-order valence-corrected chi connectivity index (χ1v) is 7.84. The van der Waals surface area contributed by atoms with E-state index >= 15 is 0 Å². The van der Waals surface area contributed by atoms with Gasteiger partial charge in [0.05, 0.1) is 4.92 Å². The third kappa shape index (κ3) is 4.04. The first kappa shape index (κ1) is 15.4. The summed E-state index contributed by atoms with van der Waals surface area (Å²) in [5, 5.41) is 14.3. The number of benzene rings is 1. The second kappa shape index (κ2) is 7.19. The Kier molecular flexibility index (Phi) is 4.83. The molecule has 23 heavy (non-hydrogen) atoms. The lowest BCUT2D eigenvalue weighted by atomic mass is 10.0. The molecule has 1 aromatic heterocycles. The van der Waals surface area contributed by atoms with E-state index in [-0.39, 0.29) is 16.7 Å². The molecule has 120 valence electrons. The molecule has 1 fully saturated rings. The summed E-state index contributed by atoms with van der Waals surface area (Å²) in [6.45, 7) is 2.82. The van der Waals surface area contributed by atoms with Gasteiger partial charge in [-0.25, -0.2) is 4.98 Å². The number of nitrogens with zero attached hydrogens (tertiary/aromatic N) is 3. The van der Waals surface area contributed by atoms with Gasteiger partial charge >= 0.3 is 5.69 Å². The molecular formula is C17H20N4O2. The van der Waals surface area contributed by atoms with Gasteiger partial charge in [-0.2, -0.15) is 0 Å². The largest absolute Gasteiger partial charge is 0.360 e. The first-order valence-electron chi connectivity index (χ1n) is 7.84. The van der Waals surface area contributed by atoms with Gasteiger partial charge in [-0.05, 0) is 31.0 Å². The van der Waals surface area contributed by atoms with Crippen molar-refractivity contribution < 1.29 is 4.92 Å². The fourth-order valence-electron chi connectivity index (χ4n) is 3.01. The average molecular weight is 312 g/mol. The molecule has 0 amide bonds. The molecule has 1 unspecified atom stereocenters. The highest BCUT2D eigenvalue weighted by atomic mass is 16.6. The van der Waals surface area contributed by atoms with Crippen molar-refractivity contribution in [2.45, 2.75) is 25.4 Å². The number of piperidine rings is 1. The standard InChI is InChI=1S/C17H20N4O2/c22-21(23)16-9-4-10-18-17(16)19-15-8-5-11-20(13-15)12-14-6-2-1-3-7-14/h1-4,6-7,9-10,15H,5,8,11-13H2,(H,18,19). The van der Waals surface area contributed by atoms with Crippen molar-refractivity contribution >= 4 is 11.5 Å². The SMILES string of the molecule is O=[N+]([O-])c1cccnc1NC1CCCN(Cc2ccccc2)C1. The first-order chi connectivity index (χ1) is 11.2. The van der Waals surface area contributed by atoms with Gasteiger partial charge in [0.1, 0.15) is 0 Å². The van der Waals surface area contributed by atoms with Crippen LogP contribution in [0.1, 0.15) is 18.4 Å². The molecule has 0 aliphatic carbocycles. The Morgan fingerprint density at radius 2 is 2.09 bits per heavy atom. The van der Waals surface area contributed by atoms with E-state index in [2.05, 4.69) is 27.3 Å². The smallest absolute Gasteiger partial charge is 0.311 e. The van der Waals surface area contributed by atoms with Crippen LogP contribution in [0.5, 0.6) is 0 Å². The predicted octanol–water partition coefficient (Wildman–Crippen LogP) is 3.07. The molecule has 6 nitrogen and oxygen atoms in total. The van der Waals surface area contributed by atoms with Gasteiger partial charge in [-0.3, -0.25) is 15.0 Å². The molecule has 1 aliphatic rings. The molecule has 1 atom stereocenters. The molecule has 1 aliphatic heterocycles. The van der Waals surface area contributed by atoms with Crippen molar-refractivity contribution in [2.24, 2.45) is 0 Å². The summed E-state index contributed by atoms with van der Waals surface area (Å²) in [6, 6.07) is 13.6. The highest BCUT2D eigenvalue weighted by molar-refractivity contribution is 5.55. The summed E-state index contributed by atoms with van der Waals surface area (Å²) >= 11 is 0. The molecule has 2 heterocycles. The fraction of sp³-hybridized carbons (Fsp3) is 0.353. The maximum atomic E-state index is 11.1. The lowest BCUT2D eigenvalue weighted by molar-refractivity contribution is -0.384. The molecule has 2 aromatic rings. The fourth-order valence-corrected chi connectivity index (χ4v) is 3.01. The molecule has 3 rings (SSSR count). The summed E-state index contributed by atoms with van der Waals surface area (Å²) in [5.74, 6) is 0.365. The van der Waals surface area contributed by atoms with Crippen LogP contribution in [0.25, 0.3) is 0 Å². The average Bonchev–Trinajstić information content (AvgIpc) is 2.56. The molecule has 1 N–H and O–H groups in total. The zero-order valence-corrected chi connectivity index (χ0v) is 12.9. The number of hydrogen-bond acceptors (Lipinski definition) is 5. The number of nitrogens with one attached hydrogen (secondary N) is 1. The lowest BCUT2D eigenvalue weighted by Gasteiger charge is -2.33. The minimum atomic E-state index is -0.389. The van der Waals surface area contributed by atoms with Crippen LogP contribution in [0.15, 0.2) is 48.7 Å². The molecule has 0 radical (unpaired) electrons. The van der Waals surface area contributed by atoms with Gasteiger partial charge in [0.25, 0.3) is 0 Å². The van der Waals surface area contributed by atoms with Crippen LogP contribution < -0.4 is 5.32 Å².